The largest absolute Gasteiger partial charge is 0.375 e. The van der Waals surface area contributed by atoms with Crippen LogP contribution in [-0.4, -0.2) is 20.1 Å². The summed E-state index contributed by atoms with van der Waals surface area (Å²) in [6.07, 6.45) is 8.26. The van der Waals surface area contributed by atoms with Crippen molar-refractivity contribution in [1.82, 2.24) is 0 Å². The summed E-state index contributed by atoms with van der Waals surface area (Å²) in [5.74, 6) is 0. The minimum Gasteiger partial charge on any atom is -0.375 e. The predicted molar refractivity (Wildman–Crippen MR) is 52.6 cm³/mol. The van der Waals surface area contributed by atoms with Crippen LogP contribution in [0.15, 0.2) is 0 Å². The van der Waals surface area contributed by atoms with Gasteiger partial charge in [-0.15, -0.1) is 0 Å². The van der Waals surface area contributed by atoms with Crippen LogP contribution >= 0.6 is 0 Å². The van der Waals surface area contributed by atoms with Crippen molar-refractivity contribution in [2.75, 3.05) is 6.61 Å². The molecule has 2 heteroatoms. The van der Waals surface area contributed by atoms with Gasteiger partial charge in [-0.1, -0.05) is 25.6 Å². The maximum Gasteiger partial charge on any atom is 0.0654 e. The van der Waals surface area contributed by atoms with E-state index in [9.17, 15) is 0 Å². The second-order valence-corrected chi connectivity index (χ2v) is 4.00. The third-order valence-electron chi connectivity index (χ3n) is 2.71. The fourth-order valence-corrected chi connectivity index (χ4v) is 1.85. The molecule has 1 saturated carbocycles. The van der Waals surface area contributed by atoms with E-state index in [0.717, 1.165) is 19.3 Å². The third kappa shape index (κ3) is 3.18. The summed E-state index contributed by atoms with van der Waals surface area (Å²) in [5.41, 5.74) is 0.174. The number of ether oxygens (including phenoxy) is 1. The molecule has 0 amide bonds. The molecule has 1 nitrogen and oxygen atoms in total. The van der Waals surface area contributed by atoms with Crippen molar-refractivity contribution < 1.29 is 4.74 Å². The van der Waals surface area contributed by atoms with E-state index in [0.29, 0.717) is 0 Å². The molecule has 1 aliphatic carbocycles. The second kappa shape index (κ2) is 4.91. The van der Waals surface area contributed by atoms with Crippen molar-refractivity contribution in [2.45, 2.75) is 57.4 Å². The quantitative estimate of drug-likeness (QED) is 0.460. The average molecular weight is 166 g/mol. The molecule has 0 bridgehead atoms. The van der Waals surface area contributed by atoms with Gasteiger partial charge in [0.05, 0.1) is 13.4 Å². The van der Waals surface area contributed by atoms with Crippen molar-refractivity contribution >= 4 is 7.85 Å². The molecule has 0 aromatic rings. The van der Waals surface area contributed by atoms with Crippen LogP contribution < -0.4 is 0 Å². The molecule has 68 valence electrons. The molecule has 0 unspecified atom stereocenters. The molecule has 1 fully saturated rings. The molecule has 0 aromatic heterocycles. The van der Waals surface area contributed by atoms with Crippen LogP contribution in [0.4, 0.5) is 0 Å². The maximum absolute atomic E-state index is 5.83. The Hall–Kier alpha value is 0.0249. The van der Waals surface area contributed by atoms with Crippen molar-refractivity contribution in [3.63, 3.8) is 0 Å². The van der Waals surface area contributed by atoms with E-state index in [4.69, 9.17) is 12.6 Å². The summed E-state index contributed by atoms with van der Waals surface area (Å²) in [5, 5.41) is 0. The topological polar surface area (TPSA) is 9.23 Å². The highest BCUT2D eigenvalue weighted by Gasteiger charge is 2.26. The Labute approximate surface area is 77.3 Å². The van der Waals surface area contributed by atoms with E-state index >= 15 is 0 Å². The number of rotatable bonds is 4. The molecule has 0 aliphatic heterocycles. The van der Waals surface area contributed by atoms with Crippen molar-refractivity contribution in [3.8, 4) is 0 Å². The molecule has 0 heterocycles. The van der Waals surface area contributed by atoms with Crippen LogP contribution in [0, 0.1) is 0 Å². The van der Waals surface area contributed by atoms with Gasteiger partial charge in [0.2, 0.25) is 0 Å². The van der Waals surface area contributed by atoms with Crippen molar-refractivity contribution in [3.05, 3.63) is 0 Å². The molecule has 1 aliphatic rings. The SMILES string of the molecule is [B]CCCOC1(C)CCCCC1. The lowest BCUT2D eigenvalue weighted by molar-refractivity contribution is -0.0557. The molecule has 0 N–H and O–H groups in total. The zero-order valence-electron chi connectivity index (χ0n) is 8.14. The standard InChI is InChI=1S/C10H19BO/c1-10(12-9-5-8-11)6-3-2-4-7-10/h2-9H2,1H3. The highest BCUT2D eigenvalue weighted by molar-refractivity contribution is 6.08. The van der Waals surface area contributed by atoms with Gasteiger partial charge in [-0.25, -0.2) is 0 Å². The summed E-state index contributed by atoms with van der Waals surface area (Å²) in [6, 6.07) is 0. The lowest BCUT2D eigenvalue weighted by Crippen LogP contribution is -2.31. The van der Waals surface area contributed by atoms with Crippen LogP contribution in [0.1, 0.15) is 45.4 Å². The number of hydrogen-bond donors (Lipinski definition) is 0. The van der Waals surface area contributed by atoms with Gasteiger partial charge < -0.3 is 4.74 Å². The average Bonchev–Trinajstić information content (AvgIpc) is 2.06. The van der Waals surface area contributed by atoms with Crippen LogP contribution in [-0.2, 0) is 4.74 Å². The smallest absolute Gasteiger partial charge is 0.0654 e. The summed E-state index contributed by atoms with van der Waals surface area (Å²) in [6.45, 7) is 3.08. The van der Waals surface area contributed by atoms with E-state index in [1.165, 1.54) is 32.1 Å². The highest BCUT2D eigenvalue weighted by atomic mass is 16.5. The second-order valence-electron chi connectivity index (χ2n) is 4.00. The summed E-state index contributed by atoms with van der Waals surface area (Å²) < 4.78 is 5.83. The molecule has 0 aromatic carbocycles. The molecule has 2 radical (unpaired) electrons. The van der Waals surface area contributed by atoms with E-state index in [1.54, 1.807) is 0 Å². The summed E-state index contributed by atoms with van der Waals surface area (Å²) >= 11 is 0. The van der Waals surface area contributed by atoms with Gasteiger partial charge in [0.15, 0.2) is 0 Å². The van der Waals surface area contributed by atoms with Gasteiger partial charge in [-0.2, -0.15) is 0 Å². The fourth-order valence-electron chi connectivity index (χ4n) is 1.85. The monoisotopic (exact) mass is 166 g/mol. The Kier molecular flexibility index (Phi) is 4.13. The Morgan fingerprint density at radius 2 is 1.92 bits per heavy atom. The van der Waals surface area contributed by atoms with Crippen LogP contribution in [0.2, 0.25) is 6.32 Å². The first kappa shape index (κ1) is 10.1. The van der Waals surface area contributed by atoms with E-state index in [-0.39, 0.29) is 5.60 Å². The number of hydrogen-bond acceptors (Lipinski definition) is 1. The third-order valence-corrected chi connectivity index (χ3v) is 2.71. The Morgan fingerprint density at radius 3 is 2.50 bits per heavy atom. The van der Waals surface area contributed by atoms with Gasteiger partial charge in [0.25, 0.3) is 0 Å². The molecule has 0 saturated heterocycles. The fraction of sp³-hybridized carbons (Fsp3) is 1.00. The van der Waals surface area contributed by atoms with E-state index < -0.39 is 0 Å². The molecule has 0 spiro atoms. The van der Waals surface area contributed by atoms with Crippen LogP contribution in [0.5, 0.6) is 0 Å². The molecule has 12 heavy (non-hydrogen) atoms. The first-order valence-corrected chi connectivity index (χ1v) is 5.11. The molecular formula is C10H19BO. The lowest BCUT2D eigenvalue weighted by atomic mass is 9.86. The zero-order valence-corrected chi connectivity index (χ0v) is 8.14. The van der Waals surface area contributed by atoms with Gasteiger partial charge in [-0.3, -0.25) is 0 Å². The molecular weight excluding hydrogens is 147 g/mol. The lowest BCUT2D eigenvalue weighted by Gasteiger charge is -2.33. The van der Waals surface area contributed by atoms with Gasteiger partial charge in [0.1, 0.15) is 0 Å². The predicted octanol–water partition coefficient (Wildman–Crippen LogP) is 2.70. The maximum atomic E-state index is 5.83. The Morgan fingerprint density at radius 1 is 1.25 bits per heavy atom. The first-order valence-electron chi connectivity index (χ1n) is 5.11. The van der Waals surface area contributed by atoms with Gasteiger partial charge in [-0.05, 0) is 26.2 Å². The zero-order chi connectivity index (χ0) is 8.86. The van der Waals surface area contributed by atoms with E-state index in [2.05, 4.69) is 6.92 Å². The van der Waals surface area contributed by atoms with Crippen LogP contribution in [0.25, 0.3) is 0 Å². The highest BCUT2D eigenvalue weighted by Crippen LogP contribution is 2.30. The van der Waals surface area contributed by atoms with E-state index in [1.807, 2.05) is 0 Å². The first-order chi connectivity index (χ1) is 5.77. The minimum atomic E-state index is 0.174. The normalized spacial score (nSPS) is 22.4. The Bertz CT molecular complexity index is 119. The van der Waals surface area contributed by atoms with Crippen molar-refractivity contribution in [1.29, 1.82) is 0 Å². The van der Waals surface area contributed by atoms with Crippen LogP contribution in [0.3, 0.4) is 0 Å². The molecule has 1 rings (SSSR count). The summed E-state index contributed by atoms with van der Waals surface area (Å²) in [7, 11) is 5.41. The van der Waals surface area contributed by atoms with Gasteiger partial charge in [0, 0.05) is 6.61 Å². The van der Waals surface area contributed by atoms with Gasteiger partial charge >= 0.3 is 0 Å². The Balaban J connectivity index is 2.17. The summed E-state index contributed by atoms with van der Waals surface area (Å²) in [4.78, 5) is 0. The minimum absolute atomic E-state index is 0.174. The molecule has 0 atom stereocenters. The van der Waals surface area contributed by atoms with Crippen molar-refractivity contribution in [2.24, 2.45) is 0 Å².